The standard InChI is InChI=1S/C14H14N2S/c1-11-8-14(3-2-13(11)9-15)16-6-4-12-5-7-17-10-12/h2-3,5,7-8,10,16H,4,6H2,1H3. The molecule has 0 bridgehead atoms. The number of rotatable bonds is 4. The minimum absolute atomic E-state index is 0.744. The summed E-state index contributed by atoms with van der Waals surface area (Å²) in [6, 6.07) is 10.2. The number of aryl methyl sites for hydroxylation is 1. The zero-order valence-electron chi connectivity index (χ0n) is 9.73. The average molecular weight is 242 g/mol. The van der Waals surface area contributed by atoms with Gasteiger partial charge in [-0.25, -0.2) is 0 Å². The van der Waals surface area contributed by atoms with Gasteiger partial charge in [-0.2, -0.15) is 16.6 Å². The first-order valence-corrected chi connectivity index (χ1v) is 6.49. The summed E-state index contributed by atoms with van der Waals surface area (Å²) in [5.41, 5.74) is 4.21. The molecule has 1 N–H and O–H groups in total. The van der Waals surface area contributed by atoms with Crippen LogP contribution in [0, 0.1) is 18.3 Å². The van der Waals surface area contributed by atoms with E-state index in [-0.39, 0.29) is 0 Å². The van der Waals surface area contributed by atoms with Crippen molar-refractivity contribution < 1.29 is 0 Å². The molecule has 0 atom stereocenters. The summed E-state index contributed by atoms with van der Waals surface area (Å²) >= 11 is 1.73. The van der Waals surface area contributed by atoms with Crippen LogP contribution in [0.25, 0.3) is 0 Å². The Kier molecular flexibility index (Phi) is 3.79. The highest BCUT2D eigenvalue weighted by atomic mass is 32.1. The van der Waals surface area contributed by atoms with E-state index in [2.05, 4.69) is 28.2 Å². The number of anilines is 1. The van der Waals surface area contributed by atoms with E-state index in [4.69, 9.17) is 5.26 Å². The fraction of sp³-hybridized carbons (Fsp3) is 0.214. The van der Waals surface area contributed by atoms with Crippen LogP contribution in [-0.4, -0.2) is 6.54 Å². The molecular weight excluding hydrogens is 228 g/mol. The molecule has 0 spiro atoms. The number of hydrogen-bond acceptors (Lipinski definition) is 3. The fourth-order valence-electron chi connectivity index (χ4n) is 1.69. The van der Waals surface area contributed by atoms with E-state index in [1.165, 1.54) is 5.56 Å². The van der Waals surface area contributed by atoms with E-state index in [1.807, 2.05) is 25.1 Å². The summed E-state index contributed by atoms with van der Waals surface area (Å²) in [4.78, 5) is 0. The van der Waals surface area contributed by atoms with Crippen molar-refractivity contribution in [2.75, 3.05) is 11.9 Å². The lowest BCUT2D eigenvalue weighted by Gasteiger charge is -2.07. The van der Waals surface area contributed by atoms with Crippen molar-refractivity contribution >= 4 is 17.0 Å². The third kappa shape index (κ3) is 3.08. The van der Waals surface area contributed by atoms with Gasteiger partial charge in [-0.3, -0.25) is 0 Å². The third-order valence-corrected chi connectivity index (χ3v) is 3.40. The normalized spacial score (nSPS) is 9.88. The highest BCUT2D eigenvalue weighted by Gasteiger charge is 1.99. The van der Waals surface area contributed by atoms with Crippen LogP contribution >= 0.6 is 11.3 Å². The summed E-state index contributed by atoms with van der Waals surface area (Å²) < 4.78 is 0. The van der Waals surface area contributed by atoms with Gasteiger partial charge in [0, 0.05) is 12.2 Å². The van der Waals surface area contributed by atoms with Crippen LogP contribution in [0.4, 0.5) is 5.69 Å². The topological polar surface area (TPSA) is 35.8 Å². The first-order chi connectivity index (χ1) is 8.29. The van der Waals surface area contributed by atoms with Crippen LogP contribution in [0.2, 0.25) is 0 Å². The first-order valence-electron chi connectivity index (χ1n) is 5.55. The molecule has 1 aromatic heterocycles. The van der Waals surface area contributed by atoms with E-state index in [9.17, 15) is 0 Å². The van der Waals surface area contributed by atoms with Crippen LogP contribution in [-0.2, 0) is 6.42 Å². The summed E-state index contributed by atoms with van der Waals surface area (Å²) in [5, 5.41) is 16.5. The highest BCUT2D eigenvalue weighted by molar-refractivity contribution is 7.07. The molecule has 1 heterocycles. The number of hydrogen-bond donors (Lipinski definition) is 1. The van der Waals surface area contributed by atoms with Gasteiger partial charge in [0.1, 0.15) is 0 Å². The number of nitrogens with zero attached hydrogens (tertiary/aromatic N) is 1. The van der Waals surface area contributed by atoms with E-state index < -0.39 is 0 Å². The number of benzene rings is 1. The molecule has 86 valence electrons. The summed E-state index contributed by atoms with van der Waals surface area (Å²) in [6.45, 7) is 2.88. The molecule has 0 saturated heterocycles. The van der Waals surface area contributed by atoms with Crippen molar-refractivity contribution in [3.8, 4) is 6.07 Å². The Hall–Kier alpha value is -1.79. The fourth-order valence-corrected chi connectivity index (χ4v) is 2.39. The van der Waals surface area contributed by atoms with Gasteiger partial charge in [0.25, 0.3) is 0 Å². The predicted octanol–water partition coefficient (Wildman–Crippen LogP) is 3.58. The van der Waals surface area contributed by atoms with E-state index in [0.29, 0.717) is 0 Å². The Morgan fingerprint density at radius 2 is 2.24 bits per heavy atom. The van der Waals surface area contributed by atoms with Gasteiger partial charge in [0.05, 0.1) is 11.6 Å². The molecular formula is C14H14N2S. The van der Waals surface area contributed by atoms with Gasteiger partial charge in [-0.05, 0) is 59.5 Å². The molecule has 2 rings (SSSR count). The lowest BCUT2D eigenvalue weighted by atomic mass is 10.1. The van der Waals surface area contributed by atoms with Crippen LogP contribution in [0.1, 0.15) is 16.7 Å². The van der Waals surface area contributed by atoms with Crippen molar-refractivity contribution in [3.05, 3.63) is 51.7 Å². The Morgan fingerprint density at radius 1 is 1.35 bits per heavy atom. The molecule has 0 radical (unpaired) electrons. The molecule has 2 nitrogen and oxygen atoms in total. The van der Waals surface area contributed by atoms with Crippen LogP contribution in [0.15, 0.2) is 35.0 Å². The van der Waals surface area contributed by atoms with Gasteiger partial charge in [0.15, 0.2) is 0 Å². The molecule has 0 amide bonds. The molecule has 0 aliphatic carbocycles. The molecule has 0 aliphatic heterocycles. The maximum Gasteiger partial charge on any atom is 0.0994 e. The van der Waals surface area contributed by atoms with Crippen molar-refractivity contribution in [2.45, 2.75) is 13.3 Å². The second kappa shape index (κ2) is 5.51. The largest absolute Gasteiger partial charge is 0.385 e. The van der Waals surface area contributed by atoms with Crippen molar-refractivity contribution in [1.82, 2.24) is 0 Å². The van der Waals surface area contributed by atoms with Gasteiger partial charge in [-0.15, -0.1) is 0 Å². The lowest BCUT2D eigenvalue weighted by Crippen LogP contribution is -2.04. The molecule has 0 aliphatic rings. The van der Waals surface area contributed by atoms with Gasteiger partial charge >= 0.3 is 0 Å². The molecule has 0 fully saturated rings. The van der Waals surface area contributed by atoms with Gasteiger partial charge in [-0.1, -0.05) is 0 Å². The molecule has 3 heteroatoms. The highest BCUT2D eigenvalue weighted by Crippen LogP contribution is 2.14. The molecule has 0 unspecified atom stereocenters. The number of thiophene rings is 1. The SMILES string of the molecule is Cc1cc(NCCc2ccsc2)ccc1C#N. The third-order valence-electron chi connectivity index (χ3n) is 2.67. The second-order valence-electron chi connectivity index (χ2n) is 3.95. The molecule has 17 heavy (non-hydrogen) atoms. The quantitative estimate of drug-likeness (QED) is 0.889. The number of nitrogens with one attached hydrogen (secondary N) is 1. The van der Waals surface area contributed by atoms with E-state index in [0.717, 1.165) is 29.8 Å². The zero-order valence-corrected chi connectivity index (χ0v) is 10.6. The monoisotopic (exact) mass is 242 g/mol. The molecule has 2 aromatic rings. The van der Waals surface area contributed by atoms with Crippen LogP contribution in [0.5, 0.6) is 0 Å². The summed E-state index contributed by atoms with van der Waals surface area (Å²) in [5.74, 6) is 0. The van der Waals surface area contributed by atoms with E-state index >= 15 is 0 Å². The summed E-state index contributed by atoms with van der Waals surface area (Å²) in [7, 11) is 0. The van der Waals surface area contributed by atoms with Gasteiger partial charge in [0.2, 0.25) is 0 Å². The lowest BCUT2D eigenvalue weighted by molar-refractivity contribution is 1.03. The zero-order chi connectivity index (χ0) is 12.1. The van der Waals surface area contributed by atoms with Crippen molar-refractivity contribution in [1.29, 1.82) is 5.26 Å². The Labute approximate surface area is 106 Å². The average Bonchev–Trinajstić information content (AvgIpc) is 2.82. The van der Waals surface area contributed by atoms with Gasteiger partial charge < -0.3 is 5.32 Å². The smallest absolute Gasteiger partial charge is 0.0994 e. The maximum atomic E-state index is 8.84. The minimum Gasteiger partial charge on any atom is -0.385 e. The maximum absolute atomic E-state index is 8.84. The number of nitriles is 1. The Bertz CT molecular complexity index is 524. The second-order valence-corrected chi connectivity index (χ2v) is 4.73. The van der Waals surface area contributed by atoms with Crippen LogP contribution < -0.4 is 5.32 Å². The summed E-state index contributed by atoms with van der Waals surface area (Å²) in [6.07, 6.45) is 1.03. The van der Waals surface area contributed by atoms with E-state index in [1.54, 1.807) is 11.3 Å². The van der Waals surface area contributed by atoms with Crippen molar-refractivity contribution in [2.24, 2.45) is 0 Å². The van der Waals surface area contributed by atoms with Crippen LogP contribution in [0.3, 0.4) is 0 Å². The predicted molar refractivity (Wildman–Crippen MR) is 72.4 cm³/mol. The Morgan fingerprint density at radius 3 is 2.88 bits per heavy atom. The Balaban J connectivity index is 1.91. The molecule has 1 aromatic carbocycles. The minimum atomic E-state index is 0.744. The first kappa shape index (κ1) is 11.7. The van der Waals surface area contributed by atoms with Crippen molar-refractivity contribution in [3.63, 3.8) is 0 Å². The molecule has 0 saturated carbocycles.